The van der Waals surface area contributed by atoms with E-state index < -0.39 is 0 Å². The van der Waals surface area contributed by atoms with E-state index in [2.05, 4.69) is 10.4 Å². The lowest BCUT2D eigenvalue weighted by molar-refractivity contribution is 0.0951. The zero-order chi connectivity index (χ0) is 23.1. The van der Waals surface area contributed by atoms with Gasteiger partial charge in [0.25, 0.3) is 11.5 Å². The van der Waals surface area contributed by atoms with Gasteiger partial charge in [-0.3, -0.25) is 9.59 Å². The highest BCUT2D eigenvalue weighted by Crippen LogP contribution is 2.38. The summed E-state index contributed by atoms with van der Waals surface area (Å²) in [4.78, 5) is 24.8. The lowest BCUT2D eigenvalue weighted by Gasteiger charge is -2.14. The fourth-order valence-electron chi connectivity index (χ4n) is 3.11. The SMILES string of the molecule is COc1ccc(-c2ccc(=O)n(CCNC(=O)c3cc(OC)c(OC)c(OC)c3)n2)cc1. The largest absolute Gasteiger partial charge is 0.497 e. The molecule has 0 aliphatic carbocycles. The number of hydrogen-bond acceptors (Lipinski definition) is 7. The molecule has 0 atom stereocenters. The number of nitrogens with one attached hydrogen (secondary N) is 1. The Morgan fingerprint density at radius 1 is 0.906 bits per heavy atom. The van der Waals surface area contributed by atoms with Crippen LogP contribution in [0.4, 0.5) is 0 Å². The van der Waals surface area contributed by atoms with E-state index in [1.54, 1.807) is 25.3 Å². The van der Waals surface area contributed by atoms with Crippen LogP contribution in [0.2, 0.25) is 0 Å². The Labute approximate surface area is 185 Å². The van der Waals surface area contributed by atoms with Crippen molar-refractivity contribution in [3.63, 3.8) is 0 Å². The fraction of sp³-hybridized carbons (Fsp3) is 0.261. The molecule has 1 heterocycles. The van der Waals surface area contributed by atoms with Crippen LogP contribution in [0.5, 0.6) is 23.0 Å². The van der Waals surface area contributed by atoms with Crippen LogP contribution in [-0.2, 0) is 6.54 Å². The molecule has 3 aromatic rings. The van der Waals surface area contributed by atoms with Gasteiger partial charge in [-0.2, -0.15) is 5.10 Å². The lowest BCUT2D eigenvalue weighted by Crippen LogP contribution is -2.32. The molecule has 0 aliphatic heterocycles. The topological polar surface area (TPSA) is 101 Å². The second kappa shape index (κ2) is 10.3. The Morgan fingerprint density at radius 3 is 2.12 bits per heavy atom. The van der Waals surface area contributed by atoms with Gasteiger partial charge in [-0.05, 0) is 42.5 Å². The van der Waals surface area contributed by atoms with Crippen molar-refractivity contribution in [3.05, 3.63) is 64.4 Å². The highest BCUT2D eigenvalue weighted by Gasteiger charge is 2.17. The Hall–Kier alpha value is -4.01. The molecule has 3 rings (SSSR count). The molecule has 0 saturated carbocycles. The number of rotatable bonds is 9. The first-order valence-electron chi connectivity index (χ1n) is 9.81. The van der Waals surface area contributed by atoms with Crippen molar-refractivity contribution in [2.75, 3.05) is 35.0 Å². The Morgan fingerprint density at radius 2 is 1.56 bits per heavy atom. The Balaban J connectivity index is 1.71. The van der Waals surface area contributed by atoms with Crippen LogP contribution in [0.25, 0.3) is 11.3 Å². The first kappa shape index (κ1) is 22.7. The van der Waals surface area contributed by atoms with Gasteiger partial charge in [-0.25, -0.2) is 4.68 Å². The minimum Gasteiger partial charge on any atom is -0.497 e. The summed E-state index contributed by atoms with van der Waals surface area (Å²) in [5.41, 5.74) is 1.57. The van der Waals surface area contributed by atoms with Gasteiger partial charge in [0, 0.05) is 23.7 Å². The first-order chi connectivity index (χ1) is 15.5. The monoisotopic (exact) mass is 439 g/mol. The second-order valence-corrected chi connectivity index (χ2v) is 6.68. The number of aromatic nitrogens is 2. The molecule has 9 nitrogen and oxygen atoms in total. The molecule has 0 aliphatic rings. The molecule has 32 heavy (non-hydrogen) atoms. The van der Waals surface area contributed by atoms with Crippen molar-refractivity contribution < 1.29 is 23.7 Å². The number of nitrogens with zero attached hydrogens (tertiary/aromatic N) is 2. The smallest absolute Gasteiger partial charge is 0.266 e. The van der Waals surface area contributed by atoms with Gasteiger partial charge in [0.2, 0.25) is 5.75 Å². The minimum absolute atomic E-state index is 0.203. The van der Waals surface area contributed by atoms with Crippen molar-refractivity contribution in [1.82, 2.24) is 15.1 Å². The summed E-state index contributed by atoms with van der Waals surface area (Å²) < 4.78 is 22.3. The molecule has 1 amide bonds. The number of benzene rings is 2. The third-order valence-electron chi connectivity index (χ3n) is 4.79. The molecule has 2 aromatic carbocycles. The highest BCUT2D eigenvalue weighted by molar-refractivity contribution is 5.95. The standard InChI is InChI=1S/C23H25N3O6/c1-29-17-7-5-15(6-8-17)18-9-10-21(27)26(25-18)12-11-24-23(28)16-13-19(30-2)22(32-4)20(14-16)31-3/h5-10,13-14H,11-12H2,1-4H3,(H,24,28). The van der Waals surface area contributed by atoms with Gasteiger partial charge in [0.05, 0.1) is 40.7 Å². The summed E-state index contributed by atoms with van der Waals surface area (Å²) in [5.74, 6) is 1.54. The summed E-state index contributed by atoms with van der Waals surface area (Å²) >= 11 is 0. The predicted octanol–water partition coefficient (Wildman–Crippen LogP) is 2.37. The number of amides is 1. The summed E-state index contributed by atoms with van der Waals surface area (Å²) in [6.07, 6.45) is 0. The van der Waals surface area contributed by atoms with Crippen molar-refractivity contribution >= 4 is 5.91 Å². The van der Waals surface area contributed by atoms with Crippen LogP contribution >= 0.6 is 0 Å². The van der Waals surface area contributed by atoms with E-state index >= 15 is 0 Å². The van der Waals surface area contributed by atoms with E-state index in [4.69, 9.17) is 18.9 Å². The molecule has 168 valence electrons. The maximum atomic E-state index is 12.6. The molecule has 0 unspecified atom stereocenters. The molecule has 0 bridgehead atoms. The van der Waals surface area contributed by atoms with Gasteiger partial charge in [-0.1, -0.05) is 0 Å². The van der Waals surface area contributed by atoms with Gasteiger partial charge < -0.3 is 24.3 Å². The van der Waals surface area contributed by atoms with Gasteiger partial charge >= 0.3 is 0 Å². The third-order valence-corrected chi connectivity index (χ3v) is 4.79. The van der Waals surface area contributed by atoms with E-state index in [1.807, 2.05) is 24.3 Å². The van der Waals surface area contributed by atoms with Crippen LogP contribution < -0.4 is 29.8 Å². The molecule has 0 fully saturated rings. The number of methoxy groups -OCH3 is 4. The quantitative estimate of drug-likeness (QED) is 0.546. The zero-order valence-electron chi connectivity index (χ0n) is 18.4. The fourth-order valence-corrected chi connectivity index (χ4v) is 3.11. The van der Waals surface area contributed by atoms with Crippen LogP contribution in [-0.4, -0.2) is 50.7 Å². The first-order valence-corrected chi connectivity index (χ1v) is 9.81. The molecule has 0 radical (unpaired) electrons. The zero-order valence-corrected chi connectivity index (χ0v) is 18.4. The van der Waals surface area contributed by atoms with E-state index in [9.17, 15) is 9.59 Å². The normalized spacial score (nSPS) is 10.4. The predicted molar refractivity (Wildman–Crippen MR) is 119 cm³/mol. The van der Waals surface area contributed by atoms with Crippen LogP contribution in [0, 0.1) is 0 Å². The van der Waals surface area contributed by atoms with Crippen LogP contribution in [0.3, 0.4) is 0 Å². The van der Waals surface area contributed by atoms with E-state index in [1.165, 1.54) is 32.1 Å². The summed E-state index contributed by atoms with van der Waals surface area (Å²) in [6.45, 7) is 0.410. The number of carbonyl (C=O) groups is 1. The molecule has 1 N–H and O–H groups in total. The average molecular weight is 439 g/mol. The third kappa shape index (κ3) is 5.00. The average Bonchev–Trinajstić information content (AvgIpc) is 2.84. The van der Waals surface area contributed by atoms with Gasteiger partial charge in [-0.15, -0.1) is 0 Å². The molecule has 1 aromatic heterocycles. The molecule has 9 heteroatoms. The van der Waals surface area contributed by atoms with Gasteiger partial charge in [0.1, 0.15) is 5.75 Å². The number of hydrogen-bond donors (Lipinski definition) is 1. The van der Waals surface area contributed by atoms with Crippen molar-refractivity contribution in [2.24, 2.45) is 0 Å². The van der Waals surface area contributed by atoms with Crippen LogP contribution in [0.15, 0.2) is 53.3 Å². The minimum atomic E-state index is -0.344. The maximum absolute atomic E-state index is 12.6. The summed E-state index contributed by atoms with van der Waals surface area (Å²) in [7, 11) is 6.05. The van der Waals surface area contributed by atoms with Crippen molar-refractivity contribution in [3.8, 4) is 34.3 Å². The number of carbonyl (C=O) groups excluding carboxylic acids is 1. The maximum Gasteiger partial charge on any atom is 0.266 e. The summed E-state index contributed by atoms with van der Waals surface area (Å²) in [6, 6.07) is 13.6. The second-order valence-electron chi connectivity index (χ2n) is 6.68. The van der Waals surface area contributed by atoms with Gasteiger partial charge in [0.15, 0.2) is 11.5 Å². The van der Waals surface area contributed by atoms with Crippen molar-refractivity contribution in [1.29, 1.82) is 0 Å². The van der Waals surface area contributed by atoms with Crippen LogP contribution in [0.1, 0.15) is 10.4 Å². The number of ether oxygens (including phenoxy) is 4. The van der Waals surface area contributed by atoms with Crippen molar-refractivity contribution in [2.45, 2.75) is 6.54 Å². The van der Waals surface area contributed by atoms with E-state index in [0.29, 0.717) is 28.5 Å². The summed E-state index contributed by atoms with van der Waals surface area (Å²) in [5, 5.41) is 7.18. The highest BCUT2D eigenvalue weighted by atomic mass is 16.5. The Bertz CT molecular complexity index is 1120. The van der Waals surface area contributed by atoms with E-state index in [0.717, 1.165) is 11.3 Å². The lowest BCUT2D eigenvalue weighted by atomic mass is 10.1. The molecular weight excluding hydrogens is 414 g/mol. The Kier molecular flexibility index (Phi) is 7.33. The molecule has 0 saturated heterocycles. The molecule has 0 spiro atoms. The van der Waals surface area contributed by atoms with E-state index in [-0.39, 0.29) is 24.6 Å². The molecular formula is C23H25N3O6.